The Balaban J connectivity index is 1.79. The molecule has 138 valence electrons. The maximum Gasteiger partial charge on any atom is 0.168 e. The van der Waals surface area contributed by atoms with Crippen molar-refractivity contribution < 1.29 is 9.53 Å². The summed E-state index contributed by atoms with van der Waals surface area (Å²) in [6, 6.07) is 15.0. The zero-order valence-corrected chi connectivity index (χ0v) is 16.0. The van der Waals surface area contributed by atoms with Crippen LogP contribution in [0, 0.1) is 5.92 Å². The third-order valence-corrected chi connectivity index (χ3v) is 5.01. The number of ether oxygens (including phenoxy) is 1. The van der Waals surface area contributed by atoms with Crippen LogP contribution >= 0.6 is 11.6 Å². The first-order chi connectivity index (χ1) is 13.0. The Hall–Kier alpha value is -2.79. The minimum absolute atomic E-state index is 0.125. The molecule has 0 aliphatic heterocycles. The van der Waals surface area contributed by atoms with Crippen LogP contribution in [0.15, 0.2) is 48.5 Å². The average molecular weight is 382 g/mol. The molecule has 0 saturated carbocycles. The van der Waals surface area contributed by atoms with Gasteiger partial charge < -0.3 is 10.1 Å². The van der Waals surface area contributed by atoms with E-state index < -0.39 is 0 Å². The number of benzene rings is 2. The summed E-state index contributed by atoms with van der Waals surface area (Å²) in [5, 5.41) is 8.68. The predicted molar refractivity (Wildman–Crippen MR) is 107 cm³/mol. The van der Waals surface area contributed by atoms with Gasteiger partial charge in [0.15, 0.2) is 11.6 Å². The van der Waals surface area contributed by atoms with E-state index in [0.29, 0.717) is 28.7 Å². The molecule has 1 atom stereocenters. The molecule has 2 aromatic carbocycles. The molecule has 5 nitrogen and oxygen atoms in total. The molecule has 3 aromatic rings. The number of halogens is 1. The summed E-state index contributed by atoms with van der Waals surface area (Å²) >= 11 is 5.97. The number of hydrogen-bond donors (Lipinski definition) is 1. The standard InChI is InChI=1S/C21H20ClN3O2/c1-13-11-18-20(19(26)12-13)21(23-15-5-3-14(22)4-6-15)24-25(18)16-7-9-17(27-2)10-8-16/h3-10,13H,11-12H2,1-2H3,(H,23,24)/t13-/m1/s1. The van der Waals surface area contributed by atoms with Crippen molar-refractivity contribution in [3.05, 3.63) is 64.8 Å². The average Bonchev–Trinajstić information content (AvgIpc) is 3.02. The Morgan fingerprint density at radius 2 is 1.81 bits per heavy atom. The van der Waals surface area contributed by atoms with Crippen LogP contribution in [0.2, 0.25) is 5.02 Å². The van der Waals surface area contributed by atoms with Crippen LogP contribution in [0.3, 0.4) is 0 Å². The molecule has 0 unspecified atom stereocenters. The first-order valence-electron chi connectivity index (χ1n) is 8.87. The van der Waals surface area contributed by atoms with E-state index in [4.69, 9.17) is 21.4 Å². The smallest absolute Gasteiger partial charge is 0.168 e. The van der Waals surface area contributed by atoms with Crippen LogP contribution in [-0.4, -0.2) is 22.7 Å². The molecule has 4 rings (SSSR count). The Morgan fingerprint density at radius 3 is 2.48 bits per heavy atom. The first kappa shape index (κ1) is 17.6. The summed E-state index contributed by atoms with van der Waals surface area (Å²) in [5.74, 6) is 1.78. The van der Waals surface area contributed by atoms with Gasteiger partial charge in [-0.15, -0.1) is 5.10 Å². The Kier molecular flexibility index (Phi) is 4.62. The topological polar surface area (TPSA) is 56.1 Å². The van der Waals surface area contributed by atoms with Crippen molar-refractivity contribution >= 4 is 28.9 Å². The first-order valence-corrected chi connectivity index (χ1v) is 9.25. The number of carbonyl (C=O) groups excluding carboxylic acids is 1. The predicted octanol–water partition coefficient (Wildman–Crippen LogP) is 5.04. The molecule has 0 spiro atoms. The molecule has 0 bridgehead atoms. The van der Waals surface area contributed by atoms with E-state index in [9.17, 15) is 4.79 Å². The van der Waals surface area contributed by atoms with Gasteiger partial charge in [-0.1, -0.05) is 18.5 Å². The normalized spacial score (nSPS) is 16.1. The number of carbonyl (C=O) groups is 1. The number of aromatic nitrogens is 2. The number of rotatable bonds is 4. The number of Topliss-reactive ketones (excluding diaryl/α,β-unsaturated/α-hetero) is 1. The summed E-state index contributed by atoms with van der Waals surface area (Å²) in [6.07, 6.45) is 1.35. The fourth-order valence-electron chi connectivity index (χ4n) is 3.45. The SMILES string of the molecule is COc1ccc(-n2nc(Nc3ccc(Cl)cc3)c3c2C[C@@H](C)CC3=O)cc1. The van der Waals surface area contributed by atoms with Gasteiger partial charge in [-0.3, -0.25) is 4.79 Å². The van der Waals surface area contributed by atoms with Gasteiger partial charge in [0.25, 0.3) is 0 Å². The van der Waals surface area contributed by atoms with Gasteiger partial charge in [0.05, 0.1) is 24.1 Å². The molecular formula is C21H20ClN3O2. The molecule has 0 fully saturated rings. The number of hydrogen-bond acceptors (Lipinski definition) is 4. The fraction of sp³-hybridized carbons (Fsp3) is 0.238. The summed E-state index contributed by atoms with van der Waals surface area (Å²) in [6.45, 7) is 2.10. The van der Waals surface area contributed by atoms with Gasteiger partial charge in [-0.2, -0.15) is 0 Å². The van der Waals surface area contributed by atoms with Crippen LogP contribution in [-0.2, 0) is 6.42 Å². The van der Waals surface area contributed by atoms with Crippen molar-refractivity contribution in [2.24, 2.45) is 5.92 Å². The summed E-state index contributed by atoms with van der Waals surface area (Å²) in [4.78, 5) is 12.8. The van der Waals surface area contributed by atoms with Crippen LogP contribution in [0.5, 0.6) is 5.75 Å². The van der Waals surface area contributed by atoms with Gasteiger partial charge >= 0.3 is 0 Å². The maximum absolute atomic E-state index is 12.8. The minimum Gasteiger partial charge on any atom is -0.497 e. The van der Waals surface area contributed by atoms with Crippen LogP contribution in [0.1, 0.15) is 29.4 Å². The van der Waals surface area contributed by atoms with Crippen molar-refractivity contribution in [1.29, 1.82) is 0 Å². The van der Waals surface area contributed by atoms with E-state index >= 15 is 0 Å². The lowest BCUT2D eigenvalue weighted by Gasteiger charge is -2.19. The van der Waals surface area contributed by atoms with E-state index in [1.807, 2.05) is 41.1 Å². The van der Waals surface area contributed by atoms with Crippen LogP contribution in [0.25, 0.3) is 5.69 Å². The van der Waals surface area contributed by atoms with Gasteiger partial charge in [-0.25, -0.2) is 4.68 Å². The van der Waals surface area contributed by atoms with E-state index in [0.717, 1.165) is 29.2 Å². The number of nitrogens with one attached hydrogen (secondary N) is 1. The van der Waals surface area contributed by atoms with Gasteiger partial charge in [0.2, 0.25) is 0 Å². The highest BCUT2D eigenvalue weighted by Gasteiger charge is 2.31. The molecule has 1 N–H and O–H groups in total. The Morgan fingerprint density at radius 1 is 1.11 bits per heavy atom. The number of nitrogens with zero attached hydrogens (tertiary/aromatic N) is 2. The van der Waals surface area contributed by atoms with Crippen molar-refractivity contribution in [3.63, 3.8) is 0 Å². The minimum atomic E-state index is 0.125. The van der Waals surface area contributed by atoms with Crippen molar-refractivity contribution in [2.45, 2.75) is 19.8 Å². The van der Waals surface area contributed by atoms with E-state index in [2.05, 4.69) is 12.2 Å². The van der Waals surface area contributed by atoms with Crippen LogP contribution in [0.4, 0.5) is 11.5 Å². The molecule has 1 aromatic heterocycles. The van der Waals surface area contributed by atoms with Gasteiger partial charge in [-0.05, 0) is 60.9 Å². The molecular weight excluding hydrogens is 362 g/mol. The zero-order chi connectivity index (χ0) is 19.0. The fourth-order valence-corrected chi connectivity index (χ4v) is 3.58. The molecule has 0 amide bonds. The molecule has 1 heterocycles. The second-order valence-corrected chi connectivity index (χ2v) is 7.29. The lowest BCUT2D eigenvalue weighted by atomic mass is 9.87. The van der Waals surface area contributed by atoms with E-state index in [1.165, 1.54) is 0 Å². The summed E-state index contributed by atoms with van der Waals surface area (Å²) in [7, 11) is 1.64. The number of methoxy groups -OCH3 is 1. The highest BCUT2D eigenvalue weighted by molar-refractivity contribution is 6.30. The second kappa shape index (κ2) is 7.08. The number of ketones is 1. The monoisotopic (exact) mass is 381 g/mol. The quantitative estimate of drug-likeness (QED) is 0.687. The van der Waals surface area contributed by atoms with E-state index in [-0.39, 0.29) is 5.78 Å². The molecule has 6 heteroatoms. The molecule has 0 saturated heterocycles. The Bertz CT molecular complexity index is 978. The molecule has 0 radical (unpaired) electrons. The van der Waals surface area contributed by atoms with Crippen molar-refractivity contribution in [2.75, 3.05) is 12.4 Å². The molecule has 1 aliphatic rings. The lowest BCUT2D eigenvalue weighted by molar-refractivity contribution is 0.0953. The summed E-state index contributed by atoms with van der Waals surface area (Å²) in [5.41, 5.74) is 3.37. The van der Waals surface area contributed by atoms with Crippen LogP contribution < -0.4 is 10.1 Å². The lowest BCUT2D eigenvalue weighted by Crippen LogP contribution is -2.19. The second-order valence-electron chi connectivity index (χ2n) is 6.85. The van der Waals surface area contributed by atoms with Crippen molar-refractivity contribution in [3.8, 4) is 11.4 Å². The van der Waals surface area contributed by atoms with Gasteiger partial charge in [0, 0.05) is 17.1 Å². The van der Waals surface area contributed by atoms with Gasteiger partial charge in [0.1, 0.15) is 5.75 Å². The third kappa shape index (κ3) is 3.43. The molecule has 1 aliphatic carbocycles. The zero-order valence-electron chi connectivity index (χ0n) is 15.2. The maximum atomic E-state index is 12.8. The highest BCUT2D eigenvalue weighted by atomic mass is 35.5. The van der Waals surface area contributed by atoms with Crippen molar-refractivity contribution in [1.82, 2.24) is 9.78 Å². The van der Waals surface area contributed by atoms with E-state index in [1.54, 1.807) is 19.2 Å². The highest BCUT2D eigenvalue weighted by Crippen LogP contribution is 2.34. The molecule has 27 heavy (non-hydrogen) atoms. The third-order valence-electron chi connectivity index (χ3n) is 4.76. The number of anilines is 2. The Labute approximate surface area is 162 Å². The largest absolute Gasteiger partial charge is 0.497 e. The summed E-state index contributed by atoms with van der Waals surface area (Å²) < 4.78 is 7.10. The number of fused-ring (bicyclic) bond motifs is 1.